The number of benzene rings is 2. The van der Waals surface area contributed by atoms with E-state index in [4.69, 9.17) is 11.6 Å². The number of carbonyl (C=O) groups is 3. The fourth-order valence-corrected chi connectivity index (χ4v) is 4.22. The molecular weight excluding hydrogens is 378 g/mol. The second kappa shape index (κ2) is 7.64. The molecule has 2 aromatic carbocycles. The number of halogens is 1. The summed E-state index contributed by atoms with van der Waals surface area (Å²) in [6.07, 6.45) is 1.41. The van der Waals surface area contributed by atoms with Crippen LogP contribution in [0.1, 0.15) is 30.7 Å². The molecule has 2 aromatic rings. The van der Waals surface area contributed by atoms with Crippen molar-refractivity contribution >= 4 is 35.1 Å². The molecule has 144 valence electrons. The number of carbonyl (C=O) groups excluding carboxylic acids is 3. The minimum absolute atomic E-state index is 0.205. The van der Waals surface area contributed by atoms with Gasteiger partial charge in [-0.1, -0.05) is 48.0 Å². The maximum Gasteiger partial charge on any atom is 0.321 e. The van der Waals surface area contributed by atoms with E-state index in [9.17, 15) is 14.4 Å². The molecule has 0 bridgehead atoms. The summed E-state index contributed by atoms with van der Waals surface area (Å²) in [6, 6.07) is 13.2. The lowest BCUT2D eigenvalue weighted by Gasteiger charge is -2.33. The van der Waals surface area contributed by atoms with Gasteiger partial charge in [0.15, 0.2) is 0 Å². The molecule has 2 N–H and O–H groups in total. The first-order valence-electron chi connectivity index (χ1n) is 9.33. The van der Waals surface area contributed by atoms with E-state index in [1.165, 1.54) is 0 Å². The fourth-order valence-electron chi connectivity index (χ4n) is 3.82. The Morgan fingerprint density at radius 3 is 2.54 bits per heavy atom. The SMILES string of the molecule is O=C1CCC(c2c(N3CCCNC3=O)ccc(-c3ccccc3)c2Cl)C(=O)N1. The van der Waals surface area contributed by atoms with Crippen LogP contribution in [0, 0.1) is 0 Å². The van der Waals surface area contributed by atoms with Crippen molar-refractivity contribution in [2.75, 3.05) is 18.0 Å². The number of imide groups is 1. The van der Waals surface area contributed by atoms with Crippen LogP contribution in [-0.4, -0.2) is 30.9 Å². The van der Waals surface area contributed by atoms with Gasteiger partial charge in [-0.2, -0.15) is 0 Å². The minimum Gasteiger partial charge on any atom is -0.338 e. The zero-order chi connectivity index (χ0) is 19.7. The molecule has 0 aliphatic carbocycles. The van der Waals surface area contributed by atoms with Crippen molar-refractivity contribution in [2.24, 2.45) is 0 Å². The van der Waals surface area contributed by atoms with Crippen LogP contribution in [0.5, 0.6) is 0 Å². The molecule has 4 amide bonds. The molecule has 28 heavy (non-hydrogen) atoms. The highest BCUT2D eigenvalue weighted by Gasteiger charge is 2.35. The lowest BCUT2D eigenvalue weighted by atomic mass is 9.86. The van der Waals surface area contributed by atoms with Crippen LogP contribution in [0.2, 0.25) is 5.02 Å². The molecule has 7 heteroatoms. The molecule has 0 aromatic heterocycles. The van der Waals surface area contributed by atoms with Crippen molar-refractivity contribution < 1.29 is 14.4 Å². The molecule has 2 aliphatic heterocycles. The van der Waals surface area contributed by atoms with Crippen molar-refractivity contribution in [1.82, 2.24) is 10.6 Å². The van der Waals surface area contributed by atoms with Gasteiger partial charge >= 0.3 is 6.03 Å². The molecule has 2 fully saturated rings. The third-order valence-electron chi connectivity index (χ3n) is 5.20. The van der Waals surface area contributed by atoms with E-state index in [0.717, 1.165) is 17.5 Å². The summed E-state index contributed by atoms with van der Waals surface area (Å²) >= 11 is 6.83. The topological polar surface area (TPSA) is 78.5 Å². The van der Waals surface area contributed by atoms with E-state index in [1.54, 1.807) is 4.90 Å². The number of piperidine rings is 1. The zero-order valence-corrected chi connectivity index (χ0v) is 16.0. The molecule has 1 unspecified atom stereocenters. The Hall–Kier alpha value is -2.86. The van der Waals surface area contributed by atoms with Gasteiger partial charge in [0.2, 0.25) is 11.8 Å². The number of rotatable bonds is 3. The number of amides is 4. The van der Waals surface area contributed by atoms with E-state index < -0.39 is 5.92 Å². The Balaban J connectivity index is 1.86. The Bertz CT molecular complexity index is 945. The molecule has 2 aliphatic rings. The predicted molar refractivity (Wildman–Crippen MR) is 107 cm³/mol. The van der Waals surface area contributed by atoms with Crippen molar-refractivity contribution in [3.63, 3.8) is 0 Å². The van der Waals surface area contributed by atoms with Crippen LogP contribution in [0.4, 0.5) is 10.5 Å². The predicted octanol–water partition coefficient (Wildman–Crippen LogP) is 3.45. The van der Waals surface area contributed by atoms with Crippen LogP contribution >= 0.6 is 11.6 Å². The maximum atomic E-state index is 12.6. The summed E-state index contributed by atoms with van der Waals surface area (Å²) in [5.74, 6) is -1.24. The van der Waals surface area contributed by atoms with Crippen molar-refractivity contribution in [1.29, 1.82) is 0 Å². The first-order chi connectivity index (χ1) is 13.6. The number of urea groups is 1. The zero-order valence-electron chi connectivity index (χ0n) is 15.2. The Morgan fingerprint density at radius 1 is 1.04 bits per heavy atom. The Morgan fingerprint density at radius 2 is 1.82 bits per heavy atom. The van der Waals surface area contributed by atoms with Crippen LogP contribution in [0.15, 0.2) is 42.5 Å². The molecule has 2 saturated heterocycles. The van der Waals surface area contributed by atoms with E-state index >= 15 is 0 Å². The molecule has 0 spiro atoms. The summed E-state index contributed by atoms with van der Waals surface area (Å²) in [5, 5.41) is 5.68. The summed E-state index contributed by atoms with van der Waals surface area (Å²) in [5.41, 5.74) is 2.94. The van der Waals surface area contributed by atoms with E-state index in [-0.39, 0.29) is 24.3 Å². The summed E-state index contributed by atoms with van der Waals surface area (Å²) < 4.78 is 0. The molecule has 6 nitrogen and oxygen atoms in total. The Labute approximate surface area is 167 Å². The quantitative estimate of drug-likeness (QED) is 0.778. The highest BCUT2D eigenvalue weighted by Crippen LogP contribution is 2.43. The van der Waals surface area contributed by atoms with Gasteiger partial charge in [0.1, 0.15) is 0 Å². The average Bonchev–Trinajstić information content (AvgIpc) is 2.70. The van der Waals surface area contributed by atoms with E-state index in [0.29, 0.717) is 35.8 Å². The lowest BCUT2D eigenvalue weighted by Crippen LogP contribution is -2.47. The molecule has 4 rings (SSSR count). The summed E-state index contributed by atoms with van der Waals surface area (Å²) in [7, 11) is 0. The first-order valence-corrected chi connectivity index (χ1v) is 9.71. The summed E-state index contributed by atoms with van der Waals surface area (Å²) in [6.45, 7) is 1.17. The van der Waals surface area contributed by atoms with Crippen LogP contribution in [-0.2, 0) is 9.59 Å². The Kier molecular flexibility index (Phi) is 5.05. The highest BCUT2D eigenvalue weighted by atomic mass is 35.5. The fraction of sp³-hybridized carbons (Fsp3) is 0.286. The lowest BCUT2D eigenvalue weighted by molar-refractivity contribution is -0.134. The molecule has 0 saturated carbocycles. The monoisotopic (exact) mass is 397 g/mol. The van der Waals surface area contributed by atoms with Gasteiger partial charge in [-0.05, 0) is 24.5 Å². The third-order valence-corrected chi connectivity index (χ3v) is 5.61. The maximum absolute atomic E-state index is 12.6. The van der Waals surface area contributed by atoms with E-state index in [1.807, 2.05) is 42.5 Å². The van der Waals surface area contributed by atoms with Gasteiger partial charge in [-0.25, -0.2) is 4.79 Å². The van der Waals surface area contributed by atoms with Crippen LogP contribution in [0.3, 0.4) is 0 Å². The number of nitrogens with zero attached hydrogens (tertiary/aromatic N) is 1. The van der Waals surface area contributed by atoms with Crippen molar-refractivity contribution in [2.45, 2.75) is 25.2 Å². The normalized spacial score (nSPS) is 20.0. The van der Waals surface area contributed by atoms with Gasteiger partial charge in [-0.3, -0.25) is 19.8 Å². The van der Waals surface area contributed by atoms with Gasteiger partial charge in [0, 0.05) is 30.6 Å². The standard InChI is InChI=1S/C21H20ClN3O3/c22-19-14(13-5-2-1-3-6-13)7-9-16(25-12-4-11-23-21(25)28)18(19)15-8-10-17(26)24-20(15)27/h1-3,5-7,9,15H,4,8,10-12H2,(H,23,28)(H,24,26,27). The number of nitrogens with one attached hydrogen (secondary N) is 2. The van der Waals surface area contributed by atoms with Gasteiger partial charge in [0.25, 0.3) is 0 Å². The van der Waals surface area contributed by atoms with E-state index in [2.05, 4.69) is 10.6 Å². The number of hydrogen-bond acceptors (Lipinski definition) is 3. The average molecular weight is 398 g/mol. The minimum atomic E-state index is -0.585. The second-order valence-electron chi connectivity index (χ2n) is 6.97. The smallest absolute Gasteiger partial charge is 0.321 e. The molecule has 1 atom stereocenters. The number of hydrogen-bond donors (Lipinski definition) is 2. The van der Waals surface area contributed by atoms with Gasteiger partial charge < -0.3 is 5.32 Å². The van der Waals surface area contributed by atoms with Gasteiger partial charge in [-0.15, -0.1) is 0 Å². The highest BCUT2D eigenvalue weighted by molar-refractivity contribution is 6.35. The van der Waals surface area contributed by atoms with Crippen molar-refractivity contribution in [3.05, 3.63) is 53.1 Å². The third kappa shape index (κ3) is 3.36. The van der Waals surface area contributed by atoms with Crippen LogP contribution < -0.4 is 15.5 Å². The summed E-state index contributed by atoms with van der Waals surface area (Å²) in [4.78, 5) is 38.3. The molecule has 0 radical (unpaired) electrons. The molecule has 2 heterocycles. The number of anilines is 1. The second-order valence-corrected chi connectivity index (χ2v) is 7.34. The largest absolute Gasteiger partial charge is 0.338 e. The van der Waals surface area contributed by atoms with Crippen LogP contribution in [0.25, 0.3) is 11.1 Å². The first kappa shape index (κ1) is 18.5. The van der Waals surface area contributed by atoms with Gasteiger partial charge in [0.05, 0.1) is 16.6 Å². The molecular formula is C21H20ClN3O3. The van der Waals surface area contributed by atoms with Crippen molar-refractivity contribution in [3.8, 4) is 11.1 Å².